The average Bonchev–Trinajstić information content (AvgIpc) is 2.79. The summed E-state index contributed by atoms with van der Waals surface area (Å²) < 4.78 is 0. The van der Waals surface area contributed by atoms with Crippen LogP contribution < -0.4 is 0 Å². The topological polar surface area (TPSA) is 20.3 Å². The summed E-state index contributed by atoms with van der Waals surface area (Å²) in [5.74, 6) is 2.26. The van der Waals surface area contributed by atoms with Crippen molar-refractivity contribution in [2.24, 2.45) is 17.8 Å². The Morgan fingerprint density at radius 3 is 2.47 bits per heavy atom. The molecule has 1 aliphatic heterocycles. The average molecular weight is 237 g/mol. The maximum absolute atomic E-state index is 12.5. The van der Waals surface area contributed by atoms with Gasteiger partial charge in [0.2, 0.25) is 5.91 Å². The van der Waals surface area contributed by atoms with Crippen molar-refractivity contribution in [3.63, 3.8) is 0 Å². The summed E-state index contributed by atoms with van der Waals surface area (Å²) in [6.45, 7) is 6.59. The monoisotopic (exact) mass is 237 g/mol. The van der Waals surface area contributed by atoms with Gasteiger partial charge in [0.05, 0.1) is 0 Å². The predicted octanol–water partition coefficient (Wildman–Crippen LogP) is 3.46. The molecule has 0 bridgehead atoms. The zero-order valence-corrected chi connectivity index (χ0v) is 11.5. The minimum Gasteiger partial charge on any atom is -0.342 e. The lowest BCUT2D eigenvalue weighted by Gasteiger charge is -2.27. The number of amides is 1. The van der Waals surface area contributed by atoms with Gasteiger partial charge in [-0.3, -0.25) is 4.79 Å². The second-order valence-electron chi connectivity index (χ2n) is 6.18. The molecule has 1 aliphatic carbocycles. The number of hydrogen-bond acceptors (Lipinski definition) is 1. The van der Waals surface area contributed by atoms with Gasteiger partial charge in [-0.2, -0.15) is 0 Å². The van der Waals surface area contributed by atoms with Crippen LogP contribution in [0.4, 0.5) is 0 Å². The van der Waals surface area contributed by atoms with E-state index in [-0.39, 0.29) is 0 Å². The van der Waals surface area contributed by atoms with Crippen LogP contribution in [0.1, 0.15) is 58.8 Å². The van der Waals surface area contributed by atoms with E-state index < -0.39 is 0 Å². The lowest BCUT2D eigenvalue weighted by atomic mass is 9.97. The first-order valence-electron chi connectivity index (χ1n) is 7.49. The molecule has 2 rings (SSSR count). The summed E-state index contributed by atoms with van der Waals surface area (Å²) >= 11 is 0. The van der Waals surface area contributed by atoms with E-state index in [9.17, 15) is 4.79 Å². The summed E-state index contributed by atoms with van der Waals surface area (Å²) in [6, 6.07) is 0. The Bertz CT molecular complexity index is 258. The maximum atomic E-state index is 12.5. The summed E-state index contributed by atoms with van der Waals surface area (Å²) in [5.41, 5.74) is 0. The van der Waals surface area contributed by atoms with Crippen molar-refractivity contribution in [3.05, 3.63) is 0 Å². The molecule has 0 aromatic carbocycles. The van der Waals surface area contributed by atoms with Crippen LogP contribution in [0.15, 0.2) is 0 Å². The third-order valence-corrected chi connectivity index (χ3v) is 4.67. The van der Waals surface area contributed by atoms with E-state index in [0.717, 1.165) is 31.8 Å². The molecule has 17 heavy (non-hydrogen) atoms. The van der Waals surface area contributed by atoms with Crippen molar-refractivity contribution in [3.8, 4) is 0 Å². The molecular formula is C15H27NO. The first-order chi connectivity index (χ1) is 8.20. The quantitative estimate of drug-likeness (QED) is 0.720. The molecule has 2 heteroatoms. The Balaban J connectivity index is 1.98. The van der Waals surface area contributed by atoms with Gasteiger partial charge in [0.25, 0.3) is 0 Å². The molecule has 1 saturated heterocycles. The Labute approximate surface area is 106 Å². The van der Waals surface area contributed by atoms with Crippen molar-refractivity contribution in [2.45, 2.75) is 58.8 Å². The Morgan fingerprint density at radius 1 is 1.12 bits per heavy atom. The molecule has 1 amide bonds. The van der Waals surface area contributed by atoms with Crippen LogP contribution in [0, 0.1) is 17.8 Å². The molecule has 0 aromatic rings. The van der Waals surface area contributed by atoms with Crippen molar-refractivity contribution in [1.82, 2.24) is 4.90 Å². The van der Waals surface area contributed by atoms with E-state index in [0.29, 0.717) is 17.7 Å². The molecular weight excluding hydrogens is 210 g/mol. The zero-order valence-electron chi connectivity index (χ0n) is 11.5. The standard InChI is InChI=1S/C15H27NO/c1-3-13-9-8-12(2)10-16(11-13)15(17)14-6-4-5-7-14/h12-14H,3-11H2,1-2H3. The van der Waals surface area contributed by atoms with Crippen molar-refractivity contribution in [1.29, 1.82) is 0 Å². The number of carbonyl (C=O) groups is 1. The largest absolute Gasteiger partial charge is 0.342 e. The van der Waals surface area contributed by atoms with Crippen LogP contribution >= 0.6 is 0 Å². The highest BCUT2D eigenvalue weighted by Gasteiger charge is 2.30. The second-order valence-corrected chi connectivity index (χ2v) is 6.18. The van der Waals surface area contributed by atoms with E-state index >= 15 is 0 Å². The lowest BCUT2D eigenvalue weighted by molar-refractivity contribution is -0.136. The van der Waals surface area contributed by atoms with Gasteiger partial charge in [0.15, 0.2) is 0 Å². The van der Waals surface area contributed by atoms with Crippen LogP contribution in [-0.2, 0) is 4.79 Å². The van der Waals surface area contributed by atoms with Gasteiger partial charge < -0.3 is 4.90 Å². The molecule has 2 unspecified atom stereocenters. The maximum Gasteiger partial charge on any atom is 0.225 e. The number of nitrogens with zero attached hydrogens (tertiary/aromatic N) is 1. The van der Waals surface area contributed by atoms with E-state index in [2.05, 4.69) is 18.7 Å². The van der Waals surface area contributed by atoms with Gasteiger partial charge in [-0.25, -0.2) is 0 Å². The summed E-state index contributed by atoms with van der Waals surface area (Å²) in [6.07, 6.45) is 8.63. The molecule has 2 aliphatic rings. The number of hydrogen-bond donors (Lipinski definition) is 0. The molecule has 0 aromatic heterocycles. The van der Waals surface area contributed by atoms with E-state index in [1.165, 1.54) is 32.1 Å². The van der Waals surface area contributed by atoms with Gasteiger partial charge >= 0.3 is 0 Å². The third-order valence-electron chi connectivity index (χ3n) is 4.67. The SMILES string of the molecule is CCC1CCC(C)CN(C(=O)C2CCCC2)C1. The van der Waals surface area contributed by atoms with E-state index in [1.54, 1.807) is 0 Å². The highest BCUT2D eigenvalue weighted by molar-refractivity contribution is 5.79. The lowest BCUT2D eigenvalue weighted by Crippen LogP contribution is -2.39. The first-order valence-corrected chi connectivity index (χ1v) is 7.49. The molecule has 2 fully saturated rings. The minimum absolute atomic E-state index is 0.359. The first kappa shape index (κ1) is 12.9. The Hall–Kier alpha value is -0.530. The van der Waals surface area contributed by atoms with Gasteiger partial charge in [-0.15, -0.1) is 0 Å². The molecule has 1 heterocycles. The smallest absolute Gasteiger partial charge is 0.225 e. The number of rotatable bonds is 2. The summed E-state index contributed by atoms with van der Waals surface area (Å²) in [7, 11) is 0. The molecule has 98 valence electrons. The van der Waals surface area contributed by atoms with Crippen LogP contribution in [0.5, 0.6) is 0 Å². The fraction of sp³-hybridized carbons (Fsp3) is 0.933. The van der Waals surface area contributed by atoms with Crippen LogP contribution in [0.3, 0.4) is 0 Å². The molecule has 1 saturated carbocycles. The van der Waals surface area contributed by atoms with Gasteiger partial charge in [0.1, 0.15) is 0 Å². The molecule has 0 radical (unpaired) electrons. The Kier molecular flexibility index (Phi) is 4.47. The highest BCUT2D eigenvalue weighted by atomic mass is 16.2. The predicted molar refractivity (Wildman–Crippen MR) is 70.7 cm³/mol. The third kappa shape index (κ3) is 3.23. The Morgan fingerprint density at radius 2 is 1.82 bits per heavy atom. The van der Waals surface area contributed by atoms with E-state index in [4.69, 9.17) is 0 Å². The van der Waals surface area contributed by atoms with Gasteiger partial charge in [0, 0.05) is 19.0 Å². The fourth-order valence-electron chi connectivity index (χ4n) is 3.41. The molecule has 2 atom stereocenters. The fourth-order valence-corrected chi connectivity index (χ4v) is 3.41. The zero-order chi connectivity index (χ0) is 12.3. The van der Waals surface area contributed by atoms with Crippen LogP contribution in [0.25, 0.3) is 0 Å². The molecule has 2 nitrogen and oxygen atoms in total. The second kappa shape index (κ2) is 5.88. The van der Waals surface area contributed by atoms with Crippen molar-refractivity contribution >= 4 is 5.91 Å². The minimum atomic E-state index is 0.359. The van der Waals surface area contributed by atoms with Crippen LogP contribution in [0.2, 0.25) is 0 Å². The van der Waals surface area contributed by atoms with Gasteiger partial charge in [-0.1, -0.05) is 33.1 Å². The van der Waals surface area contributed by atoms with Crippen molar-refractivity contribution in [2.75, 3.05) is 13.1 Å². The highest BCUT2D eigenvalue weighted by Crippen LogP contribution is 2.29. The number of carbonyl (C=O) groups excluding carboxylic acids is 1. The van der Waals surface area contributed by atoms with Crippen LogP contribution in [-0.4, -0.2) is 23.9 Å². The molecule has 0 N–H and O–H groups in total. The summed E-state index contributed by atoms with van der Waals surface area (Å²) in [5, 5.41) is 0. The van der Waals surface area contributed by atoms with Gasteiger partial charge in [-0.05, 0) is 37.5 Å². The molecule has 0 spiro atoms. The summed E-state index contributed by atoms with van der Waals surface area (Å²) in [4.78, 5) is 14.7. The van der Waals surface area contributed by atoms with E-state index in [1.807, 2.05) is 0 Å². The normalized spacial score (nSPS) is 31.5. The van der Waals surface area contributed by atoms with Crippen molar-refractivity contribution < 1.29 is 4.79 Å². The number of likely N-dealkylation sites (tertiary alicyclic amines) is 1.